The lowest BCUT2D eigenvalue weighted by atomic mass is 10.1. The van der Waals surface area contributed by atoms with Gasteiger partial charge in [0.1, 0.15) is 5.75 Å². The first-order valence-corrected chi connectivity index (χ1v) is 7.73. The Hall–Kier alpha value is -1.75. The molecule has 5 heteroatoms. The van der Waals surface area contributed by atoms with Crippen molar-refractivity contribution in [2.24, 2.45) is 0 Å². The number of hydrogen-bond acceptors (Lipinski definition) is 4. The van der Waals surface area contributed by atoms with Crippen LogP contribution in [0.1, 0.15) is 19.3 Å². The van der Waals surface area contributed by atoms with Crippen LogP contribution in [0, 0.1) is 0 Å². The summed E-state index contributed by atoms with van der Waals surface area (Å²) in [6.07, 6.45) is 2.91. The van der Waals surface area contributed by atoms with Crippen LogP contribution >= 0.6 is 0 Å². The number of amides is 1. The van der Waals surface area contributed by atoms with E-state index in [-0.39, 0.29) is 5.91 Å². The van der Waals surface area contributed by atoms with Crippen LogP contribution in [0.4, 0.5) is 5.69 Å². The molecule has 1 unspecified atom stereocenters. The summed E-state index contributed by atoms with van der Waals surface area (Å²) < 4.78 is 5.60. The molecule has 0 aromatic heterocycles. The van der Waals surface area contributed by atoms with Crippen LogP contribution in [0.2, 0.25) is 0 Å². The van der Waals surface area contributed by atoms with Crippen LogP contribution in [0.15, 0.2) is 24.3 Å². The van der Waals surface area contributed by atoms with Gasteiger partial charge >= 0.3 is 0 Å². The van der Waals surface area contributed by atoms with Gasteiger partial charge in [-0.05, 0) is 31.5 Å². The van der Waals surface area contributed by atoms with Crippen LogP contribution in [0.3, 0.4) is 0 Å². The molecule has 0 spiro atoms. The van der Waals surface area contributed by atoms with E-state index in [2.05, 4.69) is 4.90 Å². The Kier molecular flexibility index (Phi) is 4.29. The molecule has 2 aliphatic rings. The van der Waals surface area contributed by atoms with Crippen LogP contribution in [0.25, 0.3) is 0 Å². The van der Waals surface area contributed by atoms with Gasteiger partial charge in [-0.2, -0.15) is 0 Å². The molecular weight excluding hydrogens is 266 g/mol. The first-order chi connectivity index (χ1) is 10.2. The number of nitrogen functional groups attached to an aromatic ring is 1. The second kappa shape index (κ2) is 6.35. The van der Waals surface area contributed by atoms with Gasteiger partial charge in [0.15, 0.2) is 0 Å². The maximum atomic E-state index is 12.3. The van der Waals surface area contributed by atoms with E-state index < -0.39 is 0 Å². The van der Waals surface area contributed by atoms with Crippen molar-refractivity contribution in [3.63, 3.8) is 0 Å². The zero-order valence-electron chi connectivity index (χ0n) is 12.3. The van der Waals surface area contributed by atoms with Gasteiger partial charge in [-0.15, -0.1) is 0 Å². The maximum absolute atomic E-state index is 12.3. The molecule has 2 aliphatic heterocycles. The summed E-state index contributed by atoms with van der Waals surface area (Å²) in [5, 5.41) is 0. The molecule has 1 aromatic carbocycles. The van der Waals surface area contributed by atoms with Crippen molar-refractivity contribution in [1.82, 2.24) is 9.80 Å². The summed E-state index contributed by atoms with van der Waals surface area (Å²) in [5.41, 5.74) is 6.43. The number of nitrogens with zero attached hydrogens (tertiary/aromatic N) is 2. The fourth-order valence-electron chi connectivity index (χ4n) is 3.24. The van der Waals surface area contributed by atoms with E-state index in [1.165, 1.54) is 19.4 Å². The molecule has 0 saturated carbocycles. The number of anilines is 1. The molecule has 21 heavy (non-hydrogen) atoms. The molecule has 0 bridgehead atoms. The summed E-state index contributed by atoms with van der Waals surface area (Å²) >= 11 is 0. The van der Waals surface area contributed by atoms with Gasteiger partial charge in [0.05, 0.1) is 18.7 Å². The molecule has 0 radical (unpaired) electrons. The number of piperazine rings is 1. The van der Waals surface area contributed by atoms with E-state index in [9.17, 15) is 4.79 Å². The third-order valence-electron chi connectivity index (χ3n) is 4.43. The molecule has 2 heterocycles. The Bertz CT molecular complexity index is 506. The van der Waals surface area contributed by atoms with Gasteiger partial charge in [0.25, 0.3) is 0 Å². The van der Waals surface area contributed by atoms with Gasteiger partial charge < -0.3 is 15.4 Å². The molecule has 2 fully saturated rings. The van der Waals surface area contributed by atoms with Gasteiger partial charge in [-0.25, -0.2) is 0 Å². The average Bonchev–Trinajstić information content (AvgIpc) is 2.96. The zero-order valence-corrected chi connectivity index (χ0v) is 12.3. The summed E-state index contributed by atoms with van der Waals surface area (Å²) in [5.74, 6) is 0.849. The van der Waals surface area contributed by atoms with E-state index in [0.717, 1.165) is 19.6 Å². The smallest absolute Gasteiger partial charge is 0.226 e. The molecule has 5 nitrogen and oxygen atoms in total. The summed E-state index contributed by atoms with van der Waals surface area (Å²) in [7, 11) is 0. The van der Waals surface area contributed by atoms with E-state index in [4.69, 9.17) is 10.5 Å². The van der Waals surface area contributed by atoms with Crippen molar-refractivity contribution in [2.75, 3.05) is 38.5 Å². The van der Waals surface area contributed by atoms with Gasteiger partial charge in [-0.3, -0.25) is 9.69 Å². The minimum absolute atomic E-state index is 0.191. The van der Waals surface area contributed by atoms with Crippen LogP contribution < -0.4 is 10.5 Å². The molecule has 3 rings (SSSR count). The fourth-order valence-corrected chi connectivity index (χ4v) is 3.24. The predicted molar refractivity (Wildman–Crippen MR) is 82.1 cm³/mol. The summed E-state index contributed by atoms with van der Waals surface area (Å²) in [6.45, 7) is 4.33. The molecule has 1 atom stereocenters. The average molecular weight is 289 g/mol. The van der Waals surface area contributed by atoms with Crippen molar-refractivity contribution in [2.45, 2.75) is 25.3 Å². The number of carbonyl (C=O) groups excluding carboxylic acids is 1. The highest BCUT2D eigenvalue weighted by molar-refractivity contribution is 5.76. The quantitative estimate of drug-likeness (QED) is 0.850. The zero-order chi connectivity index (χ0) is 14.7. The Morgan fingerprint density at radius 2 is 2.14 bits per heavy atom. The van der Waals surface area contributed by atoms with Crippen LogP contribution in [0.5, 0.6) is 5.75 Å². The molecule has 1 aromatic rings. The number of ether oxygens (including phenoxy) is 1. The van der Waals surface area contributed by atoms with Crippen molar-refractivity contribution in [1.29, 1.82) is 0 Å². The normalized spacial score (nSPS) is 22.1. The highest BCUT2D eigenvalue weighted by Gasteiger charge is 2.32. The number of benzene rings is 1. The van der Waals surface area contributed by atoms with Crippen LogP contribution in [-0.4, -0.2) is 54.5 Å². The lowest BCUT2D eigenvalue weighted by molar-refractivity contribution is -0.134. The van der Waals surface area contributed by atoms with Gasteiger partial charge in [0, 0.05) is 25.7 Å². The number of rotatable bonds is 4. The predicted octanol–water partition coefficient (Wildman–Crippen LogP) is 1.34. The largest absolute Gasteiger partial charge is 0.491 e. The Balaban J connectivity index is 1.45. The molecule has 1 amide bonds. The number of hydrogen-bond donors (Lipinski definition) is 1. The van der Waals surface area contributed by atoms with Crippen molar-refractivity contribution < 1.29 is 9.53 Å². The lowest BCUT2D eigenvalue weighted by Gasteiger charge is -2.37. The van der Waals surface area contributed by atoms with Gasteiger partial charge in [0.2, 0.25) is 5.91 Å². The fraction of sp³-hybridized carbons (Fsp3) is 0.562. The Morgan fingerprint density at radius 1 is 1.29 bits per heavy atom. The molecule has 2 N–H and O–H groups in total. The molecule has 114 valence electrons. The summed E-state index contributed by atoms with van der Waals surface area (Å²) in [6, 6.07) is 7.96. The maximum Gasteiger partial charge on any atom is 0.226 e. The topological polar surface area (TPSA) is 58.8 Å². The minimum Gasteiger partial charge on any atom is -0.491 e. The lowest BCUT2D eigenvalue weighted by Crippen LogP contribution is -2.52. The van der Waals surface area contributed by atoms with E-state index in [1.807, 2.05) is 23.1 Å². The number of fused-ring (bicyclic) bond motifs is 1. The SMILES string of the molecule is Nc1ccccc1OCCC(=O)N1CCN2CCCC2C1. The van der Waals surface area contributed by atoms with E-state index in [0.29, 0.717) is 30.5 Å². The third kappa shape index (κ3) is 3.29. The van der Waals surface area contributed by atoms with E-state index >= 15 is 0 Å². The Morgan fingerprint density at radius 3 is 3.00 bits per heavy atom. The second-order valence-electron chi connectivity index (χ2n) is 5.81. The van der Waals surface area contributed by atoms with E-state index in [1.54, 1.807) is 6.07 Å². The number of para-hydroxylation sites is 2. The molecular formula is C16H23N3O2. The molecule has 0 aliphatic carbocycles. The first kappa shape index (κ1) is 14.2. The number of carbonyl (C=O) groups is 1. The first-order valence-electron chi connectivity index (χ1n) is 7.73. The Labute approximate surface area is 125 Å². The monoisotopic (exact) mass is 289 g/mol. The van der Waals surface area contributed by atoms with Crippen molar-refractivity contribution in [3.8, 4) is 5.75 Å². The minimum atomic E-state index is 0.191. The second-order valence-corrected chi connectivity index (χ2v) is 5.81. The van der Waals surface area contributed by atoms with Crippen LogP contribution in [-0.2, 0) is 4.79 Å². The standard InChI is InChI=1S/C16H23N3O2/c17-14-5-1-2-6-15(14)21-11-7-16(20)19-10-9-18-8-3-4-13(18)12-19/h1-2,5-6,13H,3-4,7-12,17H2. The van der Waals surface area contributed by atoms with Crippen molar-refractivity contribution in [3.05, 3.63) is 24.3 Å². The highest BCUT2D eigenvalue weighted by Crippen LogP contribution is 2.22. The summed E-state index contributed by atoms with van der Waals surface area (Å²) in [4.78, 5) is 16.8. The molecule has 2 saturated heterocycles. The van der Waals surface area contributed by atoms with Gasteiger partial charge in [-0.1, -0.05) is 12.1 Å². The number of nitrogens with two attached hydrogens (primary N) is 1. The van der Waals surface area contributed by atoms with Crippen molar-refractivity contribution >= 4 is 11.6 Å². The third-order valence-corrected chi connectivity index (χ3v) is 4.43. The highest BCUT2D eigenvalue weighted by atomic mass is 16.5.